The van der Waals surface area contributed by atoms with Crippen molar-refractivity contribution in [2.24, 2.45) is 5.92 Å². The highest BCUT2D eigenvalue weighted by Gasteiger charge is 2.32. The summed E-state index contributed by atoms with van der Waals surface area (Å²) in [5, 5.41) is 12.5. The molecule has 156 valence electrons. The van der Waals surface area contributed by atoms with E-state index in [9.17, 15) is 8.42 Å². The zero-order valence-electron chi connectivity index (χ0n) is 17.5. The molecule has 0 unspecified atom stereocenters. The van der Waals surface area contributed by atoms with Crippen molar-refractivity contribution in [1.82, 2.24) is 10.0 Å². The second-order valence-electron chi connectivity index (χ2n) is 8.92. The highest BCUT2D eigenvalue weighted by atomic mass is 32.2. The lowest BCUT2D eigenvalue weighted by Gasteiger charge is -2.31. The van der Waals surface area contributed by atoms with Crippen molar-refractivity contribution in [2.45, 2.75) is 76.5 Å². The van der Waals surface area contributed by atoms with Gasteiger partial charge in [-0.05, 0) is 102 Å². The van der Waals surface area contributed by atoms with Gasteiger partial charge >= 0.3 is 0 Å². The van der Waals surface area contributed by atoms with Crippen LogP contribution in [0.3, 0.4) is 0 Å². The van der Waals surface area contributed by atoms with E-state index in [1.54, 1.807) is 20.8 Å². The lowest BCUT2D eigenvalue weighted by molar-refractivity contribution is 0.301. The van der Waals surface area contributed by atoms with Crippen LogP contribution in [0.5, 0.6) is 0 Å². The zero-order chi connectivity index (χ0) is 20.6. The zero-order valence-corrected chi connectivity index (χ0v) is 18.3. The van der Waals surface area contributed by atoms with E-state index in [1.165, 1.54) is 5.56 Å². The highest BCUT2D eigenvalue weighted by molar-refractivity contribution is 7.90. The number of sulfonamides is 1. The molecular formula is C22H35N3O2S. The number of unbranched alkanes of at least 4 members (excludes halogenated alkanes) is 1. The summed E-state index contributed by atoms with van der Waals surface area (Å²) in [5.74, 6) is 0.641. The van der Waals surface area contributed by atoms with Crippen molar-refractivity contribution < 1.29 is 8.42 Å². The molecule has 0 bridgehead atoms. The average molecular weight is 406 g/mol. The first-order valence-corrected chi connectivity index (χ1v) is 11.9. The first-order chi connectivity index (χ1) is 13.2. The van der Waals surface area contributed by atoms with Crippen molar-refractivity contribution in [1.29, 1.82) is 5.26 Å². The Bertz CT molecular complexity index is 755. The van der Waals surface area contributed by atoms with Crippen molar-refractivity contribution in [3.05, 3.63) is 35.4 Å². The number of nitrogens with one attached hydrogen (secondary N) is 2. The van der Waals surface area contributed by atoms with Gasteiger partial charge in [-0.25, -0.2) is 13.1 Å². The fourth-order valence-corrected chi connectivity index (χ4v) is 4.59. The Balaban J connectivity index is 1.57. The van der Waals surface area contributed by atoms with Gasteiger partial charge in [-0.2, -0.15) is 5.26 Å². The van der Waals surface area contributed by atoms with Crippen LogP contribution in [0.2, 0.25) is 0 Å². The van der Waals surface area contributed by atoms with E-state index >= 15 is 0 Å². The maximum absolute atomic E-state index is 12.3. The molecule has 0 spiro atoms. The Morgan fingerprint density at radius 3 is 2.50 bits per heavy atom. The predicted octanol–water partition coefficient (Wildman–Crippen LogP) is 3.75. The largest absolute Gasteiger partial charge is 0.316 e. The lowest BCUT2D eigenvalue weighted by Crippen LogP contribution is -2.46. The fourth-order valence-electron chi connectivity index (χ4n) is 3.56. The van der Waals surface area contributed by atoms with Gasteiger partial charge in [-0.15, -0.1) is 0 Å². The molecule has 0 saturated heterocycles. The molecule has 0 amide bonds. The Kier molecular flexibility index (Phi) is 8.48. The molecule has 1 saturated carbocycles. The first-order valence-electron chi connectivity index (χ1n) is 10.4. The minimum Gasteiger partial charge on any atom is -0.316 e. The fraction of sp³-hybridized carbons (Fsp3) is 0.682. The van der Waals surface area contributed by atoms with Crippen LogP contribution in [-0.4, -0.2) is 32.3 Å². The van der Waals surface area contributed by atoms with Gasteiger partial charge in [0.25, 0.3) is 0 Å². The summed E-state index contributed by atoms with van der Waals surface area (Å²) in [7, 11) is -3.25. The van der Waals surface area contributed by atoms with E-state index in [0.717, 1.165) is 63.6 Å². The van der Waals surface area contributed by atoms with Crippen molar-refractivity contribution in [3.8, 4) is 6.07 Å². The summed E-state index contributed by atoms with van der Waals surface area (Å²) >= 11 is 0. The van der Waals surface area contributed by atoms with Gasteiger partial charge in [-0.3, -0.25) is 0 Å². The molecule has 0 heterocycles. The number of aryl methyl sites for hydroxylation is 1. The van der Waals surface area contributed by atoms with E-state index in [4.69, 9.17) is 5.26 Å². The van der Waals surface area contributed by atoms with E-state index in [1.807, 2.05) is 18.2 Å². The average Bonchev–Trinajstić information content (AvgIpc) is 2.65. The van der Waals surface area contributed by atoms with Crippen molar-refractivity contribution in [2.75, 3.05) is 13.1 Å². The smallest absolute Gasteiger partial charge is 0.216 e. The molecule has 5 nitrogen and oxygen atoms in total. The van der Waals surface area contributed by atoms with E-state index in [0.29, 0.717) is 5.92 Å². The molecule has 0 atom stereocenters. The number of nitrogens with zero attached hydrogens (tertiary/aromatic N) is 1. The third-order valence-electron chi connectivity index (χ3n) is 5.53. The normalized spacial score (nSPS) is 20.6. The maximum Gasteiger partial charge on any atom is 0.216 e. The van der Waals surface area contributed by atoms with Gasteiger partial charge in [0.15, 0.2) is 0 Å². The van der Waals surface area contributed by atoms with Gasteiger partial charge in [0.1, 0.15) is 0 Å². The quantitative estimate of drug-likeness (QED) is 0.613. The maximum atomic E-state index is 12.3. The third-order valence-corrected chi connectivity index (χ3v) is 7.79. The summed E-state index contributed by atoms with van der Waals surface area (Å²) in [4.78, 5) is 0. The third kappa shape index (κ3) is 7.20. The van der Waals surface area contributed by atoms with Crippen LogP contribution in [0.25, 0.3) is 0 Å². The molecule has 1 aliphatic rings. The molecule has 1 fully saturated rings. The van der Waals surface area contributed by atoms with Crippen molar-refractivity contribution >= 4 is 10.0 Å². The molecule has 0 aliphatic heterocycles. The van der Waals surface area contributed by atoms with Gasteiger partial charge in [0, 0.05) is 6.04 Å². The van der Waals surface area contributed by atoms with Crippen LogP contribution in [0.15, 0.2) is 24.3 Å². The van der Waals surface area contributed by atoms with E-state index < -0.39 is 14.8 Å². The number of nitriles is 1. The van der Waals surface area contributed by atoms with Gasteiger partial charge < -0.3 is 5.32 Å². The van der Waals surface area contributed by atoms with Gasteiger partial charge in [-0.1, -0.05) is 12.1 Å². The summed E-state index contributed by atoms with van der Waals surface area (Å²) in [6.45, 7) is 7.25. The van der Waals surface area contributed by atoms with Crippen LogP contribution in [0.4, 0.5) is 0 Å². The van der Waals surface area contributed by atoms with Crippen molar-refractivity contribution in [3.63, 3.8) is 0 Å². The monoisotopic (exact) mass is 405 g/mol. The number of benzene rings is 1. The van der Waals surface area contributed by atoms with E-state index in [2.05, 4.69) is 22.2 Å². The minimum atomic E-state index is -3.25. The summed E-state index contributed by atoms with van der Waals surface area (Å²) in [6, 6.07) is 10.1. The topological polar surface area (TPSA) is 82.0 Å². The highest BCUT2D eigenvalue weighted by Crippen LogP contribution is 2.25. The van der Waals surface area contributed by atoms with Crippen LogP contribution < -0.4 is 10.0 Å². The van der Waals surface area contributed by atoms with Crippen LogP contribution in [0, 0.1) is 17.2 Å². The summed E-state index contributed by atoms with van der Waals surface area (Å²) in [5.41, 5.74) is 1.96. The molecule has 1 aromatic carbocycles. The summed E-state index contributed by atoms with van der Waals surface area (Å²) in [6.07, 6.45) is 7.25. The Morgan fingerprint density at radius 1 is 1.14 bits per heavy atom. The Labute approximate surface area is 171 Å². The van der Waals surface area contributed by atoms with Crippen LogP contribution >= 0.6 is 0 Å². The number of hydrogen-bond acceptors (Lipinski definition) is 4. The van der Waals surface area contributed by atoms with E-state index in [-0.39, 0.29) is 6.04 Å². The Hall–Kier alpha value is -1.42. The molecule has 1 aromatic rings. The minimum absolute atomic E-state index is 0.0876. The predicted molar refractivity (Wildman–Crippen MR) is 115 cm³/mol. The van der Waals surface area contributed by atoms with Gasteiger partial charge in [0.05, 0.1) is 16.4 Å². The number of rotatable bonds is 9. The Morgan fingerprint density at radius 2 is 1.86 bits per heavy atom. The SMILES string of the molecule is CC(C)(C)S(=O)(=O)NC1CCC(CNCCCCc2cccc(C#N)c2)CC1. The molecule has 2 N–H and O–H groups in total. The molecule has 2 rings (SSSR count). The molecule has 0 radical (unpaired) electrons. The lowest BCUT2D eigenvalue weighted by atomic mass is 9.86. The van der Waals surface area contributed by atoms with Gasteiger partial charge in [0.2, 0.25) is 10.0 Å². The molecule has 1 aliphatic carbocycles. The summed E-state index contributed by atoms with van der Waals surface area (Å²) < 4.78 is 26.7. The standard InChI is InChI=1S/C22H35N3O2S/c1-22(2,3)28(26,27)25-21-12-10-19(11-13-21)17-24-14-5-4-7-18-8-6-9-20(15-18)16-23/h6,8-9,15,19,21,24-25H,4-5,7,10-14,17H2,1-3H3. The second kappa shape index (κ2) is 10.4. The number of hydrogen-bond donors (Lipinski definition) is 2. The second-order valence-corrected chi connectivity index (χ2v) is 11.4. The van der Waals surface area contributed by atoms with Crippen LogP contribution in [-0.2, 0) is 16.4 Å². The molecule has 6 heteroatoms. The molecular weight excluding hydrogens is 370 g/mol. The molecule has 28 heavy (non-hydrogen) atoms. The van der Waals surface area contributed by atoms with Crippen LogP contribution in [0.1, 0.15) is 70.4 Å². The first kappa shape index (κ1) is 22.9. The molecule has 0 aromatic heterocycles.